The number of carbonyl (C=O) groups excluding carboxylic acids is 1. The average Bonchev–Trinajstić information content (AvgIpc) is 2.92. The van der Waals surface area contributed by atoms with Crippen LogP contribution in [0.5, 0.6) is 5.75 Å². The minimum atomic E-state index is -4.01. The van der Waals surface area contributed by atoms with Crippen LogP contribution in [0.15, 0.2) is 113 Å². The summed E-state index contributed by atoms with van der Waals surface area (Å²) < 4.78 is 33.3. The molecule has 0 aromatic heterocycles. The van der Waals surface area contributed by atoms with Crippen LogP contribution >= 0.6 is 11.8 Å². The number of ether oxygens (including phenoxy) is 1. The number of carbonyl (C=O) groups is 1. The molecule has 0 aliphatic heterocycles. The van der Waals surface area contributed by atoms with E-state index in [2.05, 4.69) is 17.4 Å². The Morgan fingerprint density at radius 1 is 0.865 bits per heavy atom. The number of amides is 1. The van der Waals surface area contributed by atoms with Crippen LogP contribution < -0.4 is 14.4 Å². The fraction of sp³-hybridized carbons (Fsp3) is 0.138. The Labute approximate surface area is 222 Å². The van der Waals surface area contributed by atoms with Gasteiger partial charge in [-0.25, -0.2) is 8.42 Å². The monoisotopic (exact) mass is 532 g/mol. The number of hydrogen-bond donors (Lipinski definition) is 1. The predicted octanol–water partition coefficient (Wildman–Crippen LogP) is 6.13. The molecule has 4 rings (SSSR count). The Hall–Kier alpha value is -3.75. The maximum Gasteiger partial charge on any atom is 0.264 e. The SMILES string of the molecule is COc1ccc(S(=O)(=O)N(CC(=O)Nc2ccc(CSc3ccccc3)cc2)c2ccc(C)cc2)cc1. The van der Waals surface area contributed by atoms with Crippen LogP contribution in [0.3, 0.4) is 0 Å². The van der Waals surface area contributed by atoms with Gasteiger partial charge in [-0.2, -0.15) is 0 Å². The molecule has 0 bridgehead atoms. The highest BCUT2D eigenvalue weighted by molar-refractivity contribution is 7.98. The summed E-state index contributed by atoms with van der Waals surface area (Å²) in [5.41, 5.74) is 3.12. The third-order valence-electron chi connectivity index (χ3n) is 5.64. The maximum absolute atomic E-state index is 13.5. The van der Waals surface area contributed by atoms with E-state index in [9.17, 15) is 13.2 Å². The predicted molar refractivity (Wildman–Crippen MR) is 150 cm³/mol. The molecule has 0 atom stereocenters. The van der Waals surface area contributed by atoms with Crippen molar-refractivity contribution in [2.24, 2.45) is 0 Å². The molecule has 0 radical (unpaired) electrons. The molecule has 0 heterocycles. The summed E-state index contributed by atoms with van der Waals surface area (Å²) in [6, 6.07) is 30.8. The molecular formula is C29H28N2O4S2. The summed E-state index contributed by atoms with van der Waals surface area (Å²) >= 11 is 1.73. The molecule has 0 spiro atoms. The first kappa shape index (κ1) is 26.3. The van der Waals surface area contributed by atoms with Crippen molar-refractivity contribution < 1.29 is 17.9 Å². The molecule has 8 heteroatoms. The summed E-state index contributed by atoms with van der Waals surface area (Å²) in [5.74, 6) is 0.910. The van der Waals surface area contributed by atoms with Gasteiger partial charge in [0.1, 0.15) is 12.3 Å². The van der Waals surface area contributed by atoms with Crippen molar-refractivity contribution in [3.05, 3.63) is 114 Å². The van der Waals surface area contributed by atoms with E-state index in [0.717, 1.165) is 21.2 Å². The summed E-state index contributed by atoms with van der Waals surface area (Å²) in [6.45, 7) is 1.55. The Bertz CT molecular complexity index is 1420. The number of methoxy groups -OCH3 is 1. The van der Waals surface area contributed by atoms with Gasteiger partial charge in [-0.15, -0.1) is 11.8 Å². The smallest absolute Gasteiger partial charge is 0.264 e. The number of anilines is 2. The van der Waals surface area contributed by atoms with Gasteiger partial charge in [0.05, 0.1) is 17.7 Å². The number of nitrogens with zero attached hydrogens (tertiary/aromatic N) is 1. The largest absolute Gasteiger partial charge is 0.497 e. The highest BCUT2D eigenvalue weighted by Gasteiger charge is 2.27. The second-order valence-electron chi connectivity index (χ2n) is 8.37. The molecule has 37 heavy (non-hydrogen) atoms. The van der Waals surface area contributed by atoms with Gasteiger partial charge >= 0.3 is 0 Å². The molecular weight excluding hydrogens is 504 g/mol. The molecule has 190 valence electrons. The highest BCUT2D eigenvalue weighted by atomic mass is 32.2. The Kier molecular flexibility index (Phi) is 8.53. The van der Waals surface area contributed by atoms with Crippen molar-refractivity contribution in [1.29, 1.82) is 0 Å². The van der Waals surface area contributed by atoms with E-state index in [1.165, 1.54) is 24.1 Å². The van der Waals surface area contributed by atoms with E-state index in [1.54, 1.807) is 36.0 Å². The molecule has 0 aliphatic rings. The third-order valence-corrected chi connectivity index (χ3v) is 8.51. The minimum Gasteiger partial charge on any atom is -0.497 e. The second-order valence-corrected chi connectivity index (χ2v) is 11.3. The van der Waals surface area contributed by atoms with E-state index in [0.29, 0.717) is 17.1 Å². The molecule has 4 aromatic rings. The number of rotatable bonds is 10. The quantitative estimate of drug-likeness (QED) is 0.249. The zero-order chi connectivity index (χ0) is 26.3. The molecule has 0 aliphatic carbocycles. The number of sulfonamides is 1. The van der Waals surface area contributed by atoms with Crippen molar-refractivity contribution in [1.82, 2.24) is 0 Å². The minimum absolute atomic E-state index is 0.0712. The van der Waals surface area contributed by atoms with E-state index in [4.69, 9.17) is 4.74 Å². The van der Waals surface area contributed by atoms with Gasteiger partial charge in [-0.05, 0) is 73.2 Å². The van der Waals surface area contributed by atoms with Crippen LogP contribution in [-0.2, 0) is 20.6 Å². The molecule has 1 N–H and O–H groups in total. The number of aryl methyl sites for hydroxylation is 1. The molecule has 0 fully saturated rings. The van der Waals surface area contributed by atoms with Crippen LogP contribution in [0, 0.1) is 6.92 Å². The lowest BCUT2D eigenvalue weighted by molar-refractivity contribution is -0.114. The lowest BCUT2D eigenvalue weighted by Gasteiger charge is -2.24. The van der Waals surface area contributed by atoms with Crippen molar-refractivity contribution in [2.75, 3.05) is 23.3 Å². The van der Waals surface area contributed by atoms with Crippen molar-refractivity contribution in [3.63, 3.8) is 0 Å². The molecule has 0 saturated heterocycles. The van der Waals surface area contributed by atoms with E-state index < -0.39 is 15.9 Å². The third kappa shape index (κ3) is 6.93. The number of benzene rings is 4. The number of nitrogens with one attached hydrogen (secondary N) is 1. The average molecular weight is 533 g/mol. The summed E-state index contributed by atoms with van der Waals surface area (Å²) in [6.07, 6.45) is 0. The first-order valence-electron chi connectivity index (χ1n) is 11.7. The lowest BCUT2D eigenvalue weighted by atomic mass is 10.2. The molecule has 4 aromatic carbocycles. The van der Waals surface area contributed by atoms with Gasteiger partial charge in [0.15, 0.2) is 0 Å². The Morgan fingerprint density at radius 3 is 2.14 bits per heavy atom. The highest BCUT2D eigenvalue weighted by Crippen LogP contribution is 2.26. The number of thioether (sulfide) groups is 1. The van der Waals surface area contributed by atoms with Gasteiger partial charge in [0.2, 0.25) is 5.91 Å². The van der Waals surface area contributed by atoms with Crippen LogP contribution in [-0.4, -0.2) is 28.0 Å². The van der Waals surface area contributed by atoms with Gasteiger partial charge < -0.3 is 10.1 Å². The second kappa shape index (κ2) is 12.0. The first-order chi connectivity index (χ1) is 17.8. The van der Waals surface area contributed by atoms with Crippen molar-refractivity contribution in [2.45, 2.75) is 22.5 Å². The fourth-order valence-corrected chi connectivity index (χ4v) is 5.90. The zero-order valence-electron chi connectivity index (χ0n) is 20.6. The molecule has 0 unspecified atom stereocenters. The lowest BCUT2D eigenvalue weighted by Crippen LogP contribution is -2.38. The zero-order valence-corrected chi connectivity index (χ0v) is 22.3. The van der Waals surface area contributed by atoms with Crippen LogP contribution in [0.25, 0.3) is 0 Å². The summed E-state index contributed by atoms with van der Waals surface area (Å²) in [7, 11) is -2.49. The topological polar surface area (TPSA) is 75.7 Å². The van der Waals surface area contributed by atoms with E-state index in [-0.39, 0.29) is 11.4 Å². The summed E-state index contributed by atoms with van der Waals surface area (Å²) in [5, 5.41) is 2.82. The molecule has 6 nitrogen and oxygen atoms in total. The van der Waals surface area contributed by atoms with Crippen LogP contribution in [0.1, 0.15) is 11.1 Å². The van der Waals surface area contributed by atoms with Crippen LogP contribution in [0.4, 0.5) is 11.4 Å². The standard InChI is InChI=1S/C29H28N2O4S2/c1-22-8-14-25(15-9-22)31(37(33,34)28-18-16-26(35-2)17-19-28)20-29(32)30-24-12-10-23(11-13-24)21-36-27-6-4-3-5-7-27/h3-19H,20-21H2,1-2H3,(H,30,32). The van der Waals surface area contributed by atoms with Gasteiger partial charge in [-0.3, -0.25) is 9.10 Å². The van der Waals surface area contributed by atoms with Crippen LogP contribution in [0.2, 0.25) is 0 Å². The normalized spacial score (nSPS) is 11.1. The van der Waals surface area contributed by atoms with Gasteiger partial charge in [0, 0.05) is 16.3 Å². The van der Waals surface area contributed by atoms with E-state index >= 15 is 0 Å². The fourth-order valence-electron chi connectivity index (χ4n) is 3.60. The van der Waals surface area contributed by atoms with Crippen molar-refractivity contribution >= 4 is 39.1 Å². The summed E-state index contributed by atoms with van der Waals surface area (Å²) in [4.78, 5) is 14.3. The van der Waals surface area contributed by atoms with E-state index in [1.807, 2.05) is 61.5 Å². The van der Waals surface area contributed by atoms with Crippen molar-refractivity contribution in [3.8, 4) is 5.75 Å². The Balaban J connectivity index is 1.48. The molecule has 0 saturated carbocycles. The first-order valence-corrected chi connectivity index (χ1v) is 14.1. The molecule has 1 amide bonds. The Morgan fingerprint density at radius 2 is 1.51 bits per heavy atom. The van der Waals surface area contributed by atoms with Gasteiger partial charge in [-0.1, -0.05) is 48.0 Å². The maximum atomic E-state index is 13.5. The van der Waals surface area contributed by atoms with Gasteiger partial charge in [0.25, 0.3) is 10.0 Å². The number of hydrogen-bond acceptors (Lipinski definition) is 5.